The van der Waals surface area contributed by atoms with Gasteiger partial charge in [0.05, 0.1) is 23.8 Å². The van der Waals surface area contributed by atoms with Gasteiger partial charge in [-0.1, -0.05) is 65.7 Å². The molecule has 0 unspecified atom stereocenters. The number of anilines is 1. The van der Waals surface area contributed by atoms with E-state index in [-0.39, 0.29) is 36.2 Å². The van der Waals surface area contributed by atoms with E-state index in [9.17, 15) is 19.8 Å². The molecule has 6 nitrogen and oxygen atoms in total. The normalized spacial score (nSPS) is 24.2. The molecule has 2 aliphatic heterocycles. The van der Waals surface area contributed by atoms with Crippen molar-refractivity contribution >= 4 is 40.6 Å². The Bertz CT molecular complexity index is 1410. The average Bonchev–Trinajstić information content (AvgIpc) is 3.43. The second-order valence-electron chi connectivity index (χ2n) is 10.6. The fourth-order valence-corrected chi connectivity index (χ4v) is 6.74. The Hall–Kier alpha value is -2.81. The number of aliphatic hydroxyl groups is 2. The summed E-state index contributed by atoms with van der Waals surface area (Å²) in [6.07, 6.45) is 1.01. The second-order valence-corrected chi connectivity index (χ2v) is 11.4. The first kappa shape index (κ1) is 28.7. The summed E-state index contributed by atoms with van der Waals surface area (Å²) in [7, 11) is 0. The van der Waals surface area contributed by atoms with Gasteiger partial charge >= 0.3 is 0 Å². The number of amides is 1. The zero-order valence-electron chi connectivity index (χ0n) is 21.7. The largest absolute Gasteiger partial charge is 0.394 e. The minimum Gasteiger partial charge on any atom is -0.394 e. The maximum atomic E-state index is 15.0. The maximum absolute atomic E-state index is 15.0. The number of carbonyl (C=O) groups excluding carboxylic acids is 2. The number of ketones is 1. The van der Waals surface area contributed by atoms with E-state index in [0.29, 0.717) is 41.1 Å². The zero-order chi connectivity index (χ0) is 28.4. The van der Waals surface area contributed by atoms with E-state index >= 15 is 4.39 Å². The molecule has 40 heavy (non-hydrogen) atoms. The molecule has 2 heterocycles. The van der Waals surface area contributed by atoms with Crippen LogP contribution >= 0.6 is 23.2 Å². The number of rotatable bonds is 10. The topological polar surface area (TPSA) is 98.7 Å². The van der Waals surface area contributed by atoms with E-state index in [4.69, 9.17) is 23.2 Å². The molecule has 1 saturated heterocycles. The van der Waals surface area contributed by atoms with Crippen LogP contribution in [0.4, 0.5) is 10.1 Å². The number of aliphatic hydroxyl groups excluding tert-OH is 2. The molecule has 3 aromatic carbocycles. The highest BCUT2D eigenvalue weighted by molar-refractivity contribution is 6.31. The molecule has 1 amide bonds. The Labute approximate surface area is 242 Å². The zero-order valence-corrected chi connectivity index (χ0v) is 23.3. The van der Waals surface area contributed by atoms with Crippen LogP contribution < -0.4 is 10.6 Å². The number of nitrogens with one attached hydrogen (secondary N) is 2. The van der Waals surface area contributed by atoms with Crippen LogP contribution in [-0.4, -0.2) is 46.7 Å². The minimum atomic E-state index is -1.31. The molecular formula is C31H31Cl2FN2O4. The van der Waals surface area contributed by atoms with Gasteiger partial charge in [-0.25, -0.2) is 4.39 Å². The summed E-state index contributed by atoms with van der Waals surface area (Å²) in [5.74, 6) is -1.79. The average molecular weight is 586 g/mol. The van der Waals surface area contributed by atoms with Crippen LogP contribution in [0.25, 0.3) is 0 Å². The van der Waals surface area contributed by atoms with E-state index < -0.39 is 35.3 Å². The van der Waals surface area contributed by atoms with Crippen molar-refractivity contribution in [3.8, 4) is 0 Å². The predicted octanol–water partition coefficient (Wildman–Crippen LogP) is 5.17. The Morgan fingerprint density at radius 2 is 1.85 bits per heavy atom. The van der Waals surface area contributed by atoms with Gasteiger partial charge in [0, 0.05) is 29.1 Å². The van der Waals surface area contributed by atoms with Crippen molar-refractivity contribution in [2.24, 2.45) is 0 Å². The van der Waals surface area contributed by atoms with E-state index in [0.717, 1.165) is 5.56 Å². The van der Waals surface area contributed by atoms with E-state index in [1.807, 2.05) is 36.4 Å². The summed E-state index contributed by atoms with van der Waals surface area (Å²) in [5.41, 5.74) is 1.34. The molecule has 0 radical (unpaired) electrons. The summed E-state index contributed by atoms with van der Waals surface area (Å²) in [6, 6.07) is 18.4. The van der Waals surface area contributed by atoms with Crippen molar-refractivity contribution in [3.63, 3.8) is 0 Å². The minimum absolute atomic E-state index is 0.0998. The van der Waals surface area contributed by atoms with Crippen molar-refractivity contribution in [2.45, 2.75) is 61.6 Å². The van der Waals surface area contributed by atoms with Crippen molar-refractivity contribution in [3.05, 3.63) is 99.3 Å². The first-order valence-electron chi connectivity index (χ1n) is 13.4. The van der Waals surface area contributed by atoms with Gasteiger partial charge in [-0.3, -0.25) is 9.59 Å². The van der Waals surface area contributed by atoms with Crippen LogP contribution in [0.1, 0.15) is 48.3 Å². The summed E-state index contributed by atoms with van der Waals surface area (Å²) in [5, 5.41) is 25.7. The number of fused-ring (bicyclic) bond motifs is 2. The molecule has 0 saturated carbocycles. The monoisotopic (exact) mass is 584 g/mol. The van der Waals surface area contributed by atoms with Crippen LogP contribution in [0.5, 0.6) is 0 Å². The van der Waals surface area contributed by atoms with Crippen LogP contribution in [0.3, 0.4) is 0 Å². The smallest absolute Gasteiger partial charge is 0.237 e. The van der Waals surface area contributed by atoms with Gasteiger partial charge < -0.3 is 20.8 Å². The molecule has 0 bridgehead atoms. The van der Waals surface area contributed by atoms with E-state index in [1.54, 1.807) is 18.2 Å². The molecular weight excluding hydrogens is 554 g/mol. The summed E-state index contributed by atoms with van der Waals surface area (Å²) in [4.78, 5) is 28.0. The maximum Gasteiger partial charge on any atom is 0.237 e. The van der Waals surface area contributed by atoms with Crippen LogP contribution in [0, 0.1) is 5.82 Å². The Morgan fingerprint density at radius 1 is 1.07 bits per heavy atom. The van der Waals surface area contributed by atoms with Crippen LogP contribution in [0.2, 0.25) is 10.0 Å². The van der Waals surface area contributed by atoms with Crippen LogP contribution in [-0.2, 0) is 21.4 Å². The van der Waals surface area contributed by atoms with Gasteiger partial charge in [-0.2, -0.15) is 0 Å². The van der Waals surface area contributed by atoms with Gasteiger partial charge in [-0.05, 0) is 66.6 Å². The number of carbonyl (C=O) groups is 2. The van der Waals surface area contributed by atoms with Crippen molar-refractivity contribution < 1.29 is 24.2 Å². The third kappa shape index (κ3) is 5.29. The quantitative estimate of drug-likeness (QED) is 0.263. The summed E-state index contributed by atoms with van der Waals surface area (Å²) in [6.45, 7) is -0.378. The molecule has 3 aromatic rings. The lowest BCUT2D eigenvalue weighted by molar-refractivity contribution is -0.122. The van der Waals surface area contributed by atoms with E-state index in [2.05, 4.69) is 10.6 Å². The molecule has 5 rings (SSSR count). The Balaban J connectivity index is 1.62. The van der Waals surface area contributed by atoms with Crippen LogP contribution in [0.15, 0.2) is 66.7 Å². The SMILES string of the molecule is O=C(CCC[C@H](O)CO)[C@@H]1N[C@H](CCc2ccccc2)[C@]2(C(=O)Nc3cc(Cl)c(F)cc32)[C@H]1c1cccc(Cl)c1. The lowest BCUT2D eigenvalue weighted by Gasteiger charge is -2.35. The molecule has 1 fully saturated rings. The Kier molecular flexibility index (Phi) is 8.59. The van der Waals surface area contributed by atoms with Gasteiger partial charge in [0.25, 0.3) is 0 Å². The standard InChI is InChI=1S/C31H31Cl2FN2O4/c32-20-9-4-8-19(14-20)28-29(26(39)11-5-10-21(38)17-37)36-27(13-12-18-6-2-1-3-7-18)31(28)22-15-24(34)23(33)16-25(22)35-30(31)40/h1-4,6-9,14-16,21,27-29,36-38H,5,10-13,17H2,(H,35,40)/t21-,27+,28-,29-,31-/m0/s1. The number of hydrogen-bond donors (Lipinski definition) is 4. The van der Waals surface area contributed by atoms with Crippen molar-refractivity contribution in [1.29, 1.82) is 0 Å². The third-order valence-electron chi connectivity index (χ3n) is 8.17. The van der Waals surface area contributed by atoms with Gasteiger partial charge in [0.2, 0.25) is 5.91 Å². The Morgan fingerprint density at radius 3 is 2.58 bits per heavy atom. The molecule has 5 atom stereocenters. The fraction of sp³-hybridized carbons (Fsp3) is 0.355. The molecule has 4 N–H and O–H groups in total. The predicted molar refractivity (Wildman–Crippen MR) is 153 cm³/mol. The highest BCUT2D eigenvalue weighted by Crippen LogP contribution is 2.56. The molecule has 210 valence electrons. The lowest BCUT2D eigenvalue weighted by atomic mass is 9.63. The molecule has 2 aliphatic rings. The highest BCUT2D eigenvalue weighted by atomic mass is 35.5. The number of Topliss-reactive ketones (excluding diaryl/α,β-unsaturated/α-hetero) is 1. The second kappa shape index (κ2) is 12.0. The van der Waals surface area contributed by atoms with Crippen molar-refractivity contribution in [2.75, 3.05) is 11.9 Å². The summed E-state index contributed by atoms with van der Waals surface area (Å²) < 4.78 is 15.0. The first-order chi connectivity index (χ1) is 19.2. The number of hydrogen-bond acceptors (Lipinski definition) is 5. The third-order valence-corrected chi connectivity index (χ3v) is 8.70. The van der Waals surface area contributed by atoms with E-state index in [1.165, 1.54) is 12.1 Å². The fourth-order valence-electron chi connectivity index (χ4n) is 6.38. The van der Waals surface area contributed by atoms with Gasteiger partial charge in [-0.15, -0.1) is 0 Å². The summed E-state index contributed by atoms with van der Waals surface area (Å²) >= 11 is 12.5. The number of benzene rings is 3. The highest BCUT2D eigenvalue weighted by Gasteiger charge is 2.65. The number of halogens is 3. The lowest BCUT2D eigenvalue weighted by Crippen LogP contribution is -2.48. The molecule has 9 heteroatoms. The molecule has 0 aliphatic carbocycles. The van der Waals surface area contributed by atoms with Gasteiger partial charge in [0.1, 0.15) is 17.0 Å². The molecule has 1 spiro atoms. The van der Waals surface area contributed by atoms with Crippen molar-refractivity contribution in [1.82, 2.24) is 5.32 Å². The molecule has 0 aromatic heterocycles. The first-order valence-corrected chi connectivity index (χ1v) is 14.2. The van der Waals surface area contributed by atoms with Gasteiger partial charge in [0.15, 0.2) is 0 Å². The number of aryl methyl sites for hydroxylation is 1.